The molecule has 8 heteroatoms. The highest BCUT2D eigenvalue weighted by Crippen LogP contribution is 2.27. The van der Waals surface area contributed by atoms with Crippen LogP contribution < -0.4 is 5.73 Å². The number of piperidine rings is 1. The molecule has 2 N–H and O–H groups in total. The van der Waals surface area contributed by atoms with Gasteiger partial charge in [0.05, 0.1) is 6.20 Å². The highest BCUT2D eigenvalue weighted by molar-refractivity contribution is 7.89. The Labute approximate surface area is 120 Å². The molecule has 6 nitrogen and oxygen atoms in total. The summed E-state index contributed by atoms with van der Waals surface area (Å²) in [5, 5.41) is 3.92. The van der Waals surface area contributed by atoms with Crippen LogP contribution in [0.25, 0.3) is 0 Å². The number of nitrogens with two attached hydrogens (primary N) is 1. The minimum Gasteiger partial charge on any atom is -0.329 e. The van der Waals surface area contributed by atoms with Crippen molar-refractivity contribution < 1.29 is 8.42 Å². The monoisotopic (exact) mass is 308 g/mol. The molecule has 0 saturated carbocycles. The fourth-order valence-electron chi connectivity index (χ4n) is 2.43. The summed E-state index contributed by atoms with van der Waals surface area (Å²) in [6.45, 7) is 3.04. The van der Waals surface area contributed by atoms with Gasteiger partial charge in [0, 0.05) is 32.4 Å². The number of rotatable bonds is 3. The largest absolute Gasteiger partial charge is 0.329 e. The molecule has 0 amide bonds. The maximum atomic E-state index is 12.5. The number of nitrogens with zero attached hydrogens (tertiary/aromatic N) is 3. The van der Waals surface area contributed by atoms with E-state index in [0.717, 1.165) is 12.8 Å². The van der Waals surface area contributed by atoms with Crippen LogP contribution in [-0.2, 0) is 17.1 Å². The normalized spacial score (nSPS) is 25.0. The molecular weight excluding hydrogens is 288 g/mol. The molecule has 1 saturated heterocycles. The van der Waals surface area contributed by atoms with Gasteiger partial charge >= 0.3 is 0 Å². The quantitative estimate of drug-likeness (QED) is 0.886. The number of hydrogen-bond acceptors (Lipinski definition) is 4. The van der Waals surface area contributed by atoms with Crippen molar-refractivity contribution in [2.24, 2.45) is 18.7 Å². The molecular formula is C11H21ClN4O2S. The first-order valence-corrected chi connectivity index (χ1v) is 7.59. The molecule has 2 unspecified atom stereocenters. The van der Waals surface area contributed by atoms with Gasteiger partial charge in [0.2, 0.25) is 10.0 Å². The Morgan fingerprint density at radius 2 is 2.21 bits per heavy atom. The fourth-order valence-corrected chi connectivity index (χ4v) is 4.07. The molecule has 0 spiro atoms. The van der Waals surface area contributed by atoms with Crippen LogP contribution in [-0.4, -0.2) is 41.6 Å². The van der Waals surface area contributed by atoms with Crippen LogP contribution >= 0.6 is 12.4 Å². The van der Waals surface area contributed by atoms with E-state index in [2.05, 4.69) is 12.0 Å². The van der Waals surface area contributed by atoms with Crippen LogP contribution in [0.15, 0.2) is 17.3 Å². The van der Waals surface area contributed by atoms with E-state index in [1.807, 2.05) is 0 Å². The topological polar surface area (TPSA) is 81.2 Å². The number of hydrogen-bond donors (Lipinski definition) is 1. The van der Waals surface area contributed by atoms with E-state index in [1.54, 1.807) is 7.05 Å². The van der Waals surface area contributed by atoms with Crippen LogP contribution in [0.2, 0.25) is 0 Å². The van der Waals surface area contributed by atoms with Crippen molar-refractivity contribution >= 4 is 22.4 Å². The molecule has 2 heterocycles. The van der Waals surface area contributed by atoms with Crippen molar-refractivity contribution in [3.8, 4) is 0 Å². The summed E-state index contributed by atoms with van der Waals surface area (Å²) < 4.78 is 28.0. The molecule has 0 bridgehead atoms. The average Bonchev–Trinajstić information content (AvgIpc) is 2.76. The van der Waals surface area contributed by atoms with Gasteiger partial charge in [0.25, 0.3) is 0 Å². The molecule has 1 aliphatic rings. The summed E-state index contributed by atoms with van der Waals surface area (Å²) in [5.41, 5.74) is 5.71. The Hall–Kier alpha value is -0.630. The Bertz CT molecular complexity index is 517. The summed E-state index contributed by atoms with van der Waals surface area (Å²) in [7, 11) is -1.75. The van der Waals surface area contributed by atoms with Crippen LogP contribution in [0.3, 0.4) is 0 Å². The Morgan fingerprint density at radius 1 is 1.53 bits per heavy atom. The average molecular weight is 309 g/mol. The van der Waals surface area contributed by atoms with Gasteiger partial charge in [0.1, 0.15) is 4.90 Å². The van der Waals surface area contributed by atoms with E-state index in [1.165, 1.54) is 21.4 Å². The zero-order chi connectivity index (χ0) is 13.3. The van der Waals surface area contributed by atoms with Crippen molar-refractivity contribution in [2.45, 2.75) is 30.7 Å². The smallest absolute Gasteiger partial charge is 0.246 e. The maximum absolute atomic E-state index is 12.5. The van der Waals surface area contributed by atoms with Crippen molar-refractivity contribution in [1.29, 1.82) is 0 Å². The fraction of sp³-hybridized carbons (Fsp3) is 0.727. The third-order valence-corrected chi connectivity index (χ3v) is 5.39. The Kier molecular flexibility index (Phi) is 5.37. The Morgan fingerprint density at radius 3 is 2.74 bits per heavy atom. The van der Waals surface area contributed by atoms with Gasteiger partial charge in [-0.3, -0.25) is 4.68 Å². The van der Waals surface area contributed by atoms with Gasteiger partial charge in [-0.25, -0.2) is 8.42 Å². The number of aromatic nitrogens is 2. The molecule has 1 fully saturated rings. The summed E-state index contributed by atoms with van der Waals surface area (Å²) >= 11 is 0. The summed E-state index contributed by atoms with van der Waals surface area (Å²) in [6.07, 6.45) is 4.63. The predicted molar refractivity (Wildman–Crippen MR) is 75.6 cm³/mol. The highest BCUT2D eigenvalue weighted by Gasteiger charge is 2.35. The standard InChI is InChI=1S/C11H20N4O2S.ClH/c1-9-3-4-15(10(5-9)6-12)18(16,17)11-7-13-14(2)8-11;/h7-10H,3-6,12H2,1-2H3;1H. The van der Waals surface area contributed by atoms with Crippen molar-refractivity contribution in [1.82, 2.24) is 14.1 Å². The van der Waals surface area contributed by atoms with E-state index in [0.29, 0.717) is 19.0 Å². The van der Waals surface area contributed by atoms with Gasteiger partial charge in [0.15, 0.2) is 0 Å². The molecule has 2 atom stereocenters. The molecule has 0 aromatic carbocycles. The second kappa shape index (κ2) is 6.21. The second-order valence-electron chi connectivity index (χ2n) is 4.98. The summed E-state index contributed by atoms with van der Waals surface area (Å²) in [6, 6.07) is -0.0982. The van der Waals surface area contributed by atoms with Gasteiger partial charge in [-0.1, -0.05) is 6.92 Å². The second-order valence-corrected chi connectivity index (χ2v) is 6.88. The molecule has 1 aliphatic heterocycles. The van der Waals surface area contributed by atoms with Crippen LogP contribution in [0.1, 0.15) is 19.8 Å². The van der Waals surface area contributed by atoms with E-state index in [9.17, 15) is 8.42 Å². The summed E-state index contributed by atoms with van der Waals surface area (Å²) in [5.74, 6) is 0.527. The predicted octanol–water partition coefficient (Wildman–Crippen LogP) is 0.590. The Balaban J connectivity index is 0.00000180. The molecule has 1 aromatic heterocycles. The van der Waals surface area contributed by atoms with E-state index >= 15 is 0 Å². The molecule has 0 radical (unpaired) electrons. The maximum Gasteiger partial charge on any atom is 0.246 e. The zero-order valence-corrected chi connectivity index (χ0v) is 12.8. The summed E-state index contributed by atoms with van der Waals surface area (Å²) in [4.78, 5) is 0.248. The lowest BCUT2D eigenvalue weighted by Gasteiger charge is -2.36. The third kappa shape index (κ3) is 3.28. The van der Waals surface area contributed by atoms with Gasteiger partial charge < -0.3 is 5.73 Å². The molecule has 110 valence electrons. The van der Waals surface area contributed by atoms with Crippen molar-refractivity contribution in [3.05, 3.63) is 12.4 Å². The molecule has 19 heavy (non-hydrogen) atoms. The van der Waals surface area contributed by atoms with Gasteiger partial charge in [-0.2, -0.15) is 9.40 Å². The third-order valence-electron chi connectivity index (χ3n) is 3.48. The minimum atomic E-state index is -3.46. The molecule has 2 rings (SSSR count). The van der Waals surface area contributed by atoms with Gasteiger partial charge in [-0.05, 0) is 18.8 Å². The first-order valence-electron chi connectivity index (χ1n) is 6.15. The van der Waals surface area contributed by atoms with E-state index in [-0.39, 0.29) is 23.3 Å². The van der Waals surface area contributed by atoms with Crippen LogP contribution in [0, 0.1) is 5.92 Å². The number of sulfonamides is 1. The minimum absolute atomic E-state index is 0. The van der Waals surface area contributed by atoms with E-state index < -0.39 is 10.0 Å². The van der Waals surface area contributed by atoms with Crippen molar-refractivity contribution in [2.75, 3.05) is 13.1 Å². The number of aryl methyl sites for hydroxylation is 1. The first kappa shape index (κ1) is 16.4. The lowest BCUT2D eigenvalue weighted by Crippen LogP contribution is -2.49. The van der Waals surface area contributed by atoms with Gasteiger partial charge in [-0.15, -0.1) is 12.4 Å². The zero-order valence-electron chi connectivity index (χ0n) is 11.2. The number of halogens is 1. The van der Waals surface area contributed by atoms with Crippen LogP contribution in [0.5, 0.6) is 0 Å². The lowest BCUT2D eigenvalue weighted by atomic mass is 9.94. The SMILES string of the molecule is CC1CCN(S(=O)(=O)c2cnn(C)c2)C(CN)C1.Cl. The highest BCUT2D eigenvalue weighted by atomic mass is 35.5. The molecule has 0 aliphatic carbocycles. The van der Waals surface area contributed by atoms with Crippen LogP contribution in [0.4, 0.5) is 0 Å². The van der Waals surface area contributed by atoms with E-state index in [4.69, 9.17) is 5.73 Å². The van der Waals surface area contributed by atoms with Crippen molar-refractivity contribution in [3.63, 3.8) is 0 Å². The lowest BCUT2D eigenvalue weighted by molar-refractivity contribution is 0.211. The molecule has 1 aromatic rings. The first-order chi connectivity index (χ1) is 8.45.